The molecule has 1 nitrogen and oxygen atoms in total. The Kier molecular flexibility index (Phi) is 3.22. The fourth-order valence-electron chi connectivity index (χ4n) is 1.13. The van der Waals surface area contributed by atoms with Gasteiger partial charge in [-0.25, -0.2) is 4.98 Å². The Balaban J connectivity index is 2.18. The van der Waals surface area contributed by atoms with E-state index in [1.54, 1.807) is 23.1 Å². The second kappa shape index (κ2) is 4.62. The Labute approximate surface area is 91.9 Å². The highest BCUT2D eigenvalue weighted by atomic mass is 32.2. The quantitative estimate of drug-likeness (QED) is 0.574. The summed E-state index contributed by atoms with van der Waals surface area (Å²) in [7, 11) is 0. The molecule has 2 aromatic rings. The maximum absolute atomic E-state index is 4.53. The molecule has 0 aliphatic rings. The molecule has 2 rings (SSSR count). The lowest BCUT2D eigenvalue weighted by Gasteiger charge is -1.87. The summed E-state index contributed by atoms with van der Waals surface area (Å²) >= 11 is 3.56. The van der Waals surface area contributed by atoms with Gasteiger partial charge in [-0.3, -0.25) is 0 Å². The van der Waals surface area contributed by atoms with Crippen molar-refractivity contribution in [1.29, 1.82) is 0 Å². The van der Waals surface area contributed by atoms with Gasteiger partial charge in [0.05, 0.1) is 10.2 Å². The molecule has 72 valence electrons. The van der Waals surface area contributed by atoms with Crippen LogP contribution in [0.15, 0.2) is 40.8 Å². The van der Waals surface area contributed by atoms with Crippen molar-refractivity contribution in [3.63, 3.8) is 0 Å². The van der Waals surface area contributed by atoms with Gasteiger partial charge in [-0.2, -0.15) is 0 Å². The number of thiazole rings is 1. The molecule has 0 aliphatic heterocycles. The average molecular weight is 221 g/mol. The van der Waals surface area contributed by atoms with Crippen molar-refractivity contribution in [2.24, 2.45) is 0 Å². The van der Waals surface area contributed by atoms with Crippen LogP contribution in [-0.2, 0) is 0 Å². The van der Waals surface area contributed by atoms with E-state index in [1.807, 2.05) is 13.0 Å². The van der Waals surface area contributed by atoms with E-state index in [0.29, 0.717) is 0 Å². The summed E-state index contributed by atoms with van der Waals surface area (Å²) in [6, 6.07) is 8.27. The van der Waals surface area contributed by atoms with Crippen molar-refractivity contribution in [3.05, 3.63) is 36.4 Å². The molecule has 0 unspecified atom stereocenters. The van der Waals surface area contributed by atoms with Gasteiger partial charge in [-0.1, -0.05) is 36.0 Å². The maximum Gasteiger partial charge on any atom is 0.151 e. The number of fused-ring (bicyclic) bond motifs is 1. The Bertz CT molecular complexity index is 412. The number of hydrogen-bond donors (Lipinski definition) is 0. The topological polar surface area (TPSA) is 12.9 Å². The van der Waals surface area contributed by atoms with Crippen molar-refractivity contribution in [2.75, 3.05) is 5.75 Å². The SMILES string of the molecule is CC=CCSc1nc2ccccc2s1. The van der Waals surface area contributed by atoms with Gasteiger partial charge in [0.1, 0.15) is 0 Å². The summed E-state index contributed by atoms with van der Waals surface area (Å²) in [5, 5.41) is 0. The first-order valence-electron chi connectivity index (χ1n) is 4.49. The first-order chi connectivity index (χ1) is 6.90. The second-order valence-corrected chi connectivity index (χ2v) is 5.13. The molecule has 0 saturated heterocycles. The lowest BCUT2D eigenvalue weighted by molar-refractivity contribution is 1.30. The van der Waals surface area contributed by atoms with Gasteiger partial charge in [0, 0.05) is 5.75 Å². The zero-order valence-corrected chi connectivity index (χ0v) is 9.57. The number of hydrogen-bond acceptors (Lipinski definition) is 3. The zero-order chi connectivity index (χ0) is 9.80. The zero-order valence-electron chi connectivity index (χ0n) is 7.93. The molecule has 0 N–H and O–H groups in total. The van der Waals surface area contributed by atoms with Crippen LogP contribution < -0.4 is 0 Å². The first kappa shape index (κ1) is 9.74. The number of para-hydroxylation sites is 1. The van der Waals surface area contributed by atoms with Crippen molar-refractivity contribution >= 4 is 33.3 Å². The van der Waals surface area contributed by atoms with Gasteiger partial charge in [-0.15, -0.1) is 11.3 Å². The molecule has 0 radical (unpaired) electrons. The molecule has 1 aromatic carbocycles. The van der Waals surface area contributed by atoms with Gasteiger partial charge in [0.25, 0.3) is 0 Å². The summed E-state index contributed by atoms with van der Waals surface area (Å²) in [4.78, 5) is 4.53. The number of aromatic nitrogens is 1. The van der Waals surface area contributed by atoms with Crippen LogP contribution in [0.25, 0.3) is 10.2 Å². The molecule has 1 aromatic heterocycles. The third-order valence-electron chi connectivity index (χ3n) is 1.81. The highest BCUT2D eigenvalue weighted by Crippen LogP contribution is 2.29. The first-order valence-corrected chi connectivity index (χ1v) is 6.30. The smallest absolute Gasteiger partial charge is 0.151 e. The summed E-state index contributed by atoms with van der Waals surface area (Å²) in [6.45, 7) is 2.04. The third-order valence-corrected chi connectivity index (χ3v) is 3.94. The molecule has 0 saturated carbocycles. The van der Waals surface area contributed by atoms with Gasteiger partial charge in [0.15, 0.2) is 4.34 Å². The largest absolute Gasteiger partial charge is 0.230 e. The highest BCUT2D eigenvalue weighted by molar-refractivity contribution is 8.01. The lowest BCUT2D eigenvalue weighted by Crippen LogP contribution is -1.70. The fourth-order valence-corrected chi connectivity index (χ4v) is 3.13. The molecule has 0 spiro atoms. The molecule has 0 amide bonds. The van der Waals surface area contributed by atoms with E-state index in [4.69, 9.17) is 0 Å². The highest BCUT2D eigenvalue weighted by Gasteiger charge is 2.01. The normalized spacial score (nSPS) is 11.5. The molecule has 3 heteroatoms. The van der Waals surface area contributed by atoms with Gasteiger partial charge in [0.2, 0.25) is 0 Å². The molecule has 1 heterocycles. The molecule has 14 heavy (non-hydrogen) atoms. The summed E-state index contributed by atoms with van der Waals surface area (Å²) < 4.78 is 2.43. The molecular formula is C11H11NS2. The van der Waals surface area contributed by atoms with E-state index in [9.17, 15) is 0 Å². The molecule has 0 bridgehead atoms. The third kappa shape index (κ3) is 2.16. The summed E-state index contributed by atoms with van der Waals surface area (Å²) in [5.74, 6) is 1.01. The fraction of sp³-hybridized carbons (Fsp3) is 0.182. The second-order valence-electron chi connectivity index (χ2n) is 2.83. The van der Waals surface area contributed by atoms with E-state index in [2.05, 4.69) is 35.3 Å². The Morgan fingerprint density at radius 3 is 3.07 bits per heavy atom. The van der Waals surface area contributed by atoms with Crippen LogP contribution in [0.5, 0.6) is 0 Å². The van der Waals surface area contributed by atoms with Crippen LogP contribution >= 0.6 is 23.1 Å². The number of allylic oxidation sites excluding steroid dienone is 1. The predicted octanol–water partition coefficient (Wildman–Crippen LogP) is 3.96. The number of nitrogens with zero attached hydrogens (tertiary/aromatic N) is 1. The Morgan fingerprint density at radius 1 is 1.43 bits per heavy atom. The van der Waals surface area contributed by atoms with Crippen LogP contribution in [0.4, 0.5) is 0 Å². The Morgan fingerprint density at radius 2 is 2.29 bits per heavy atom. The maximum atomic E-state index is 4.53. The minimum absolute atomic E-state index is 1.01. The van der Waals surface area contributed by atoms with Crippen LogP contribution in [0.1, 0.15) is 6.92 Å². The molecular weight excluding hydrogens is 210 g/mol. The van der Waals surface area contributed by atoms with E-state index in [-0.39, 0.29) is 0 Å². The van der Waals surface area contributed by atoms with Gasteiger partial charge >= 0.3 is 0 Å². The van der Waals surface area contributed by atoms with Crippen molar-refractivity contribution in [1.82, 2.24) is 4.98 Å². The van der Waals surface area contributed by atoms with Crippen LogP contribution in [0, 0.1) is 0 Å². The standard InChI is InChI=1S/C11H11NS2/c1-2-3-8-13-11-12-9-6-4-5-7-10(9)14-11/h2-7H,8H2,1H3. The van der Waals surface area contributed by atoms with E-state index >= 15 is 0 Å². The van der Waals surface area contributed by atoms with Crippen LogP contribution in [0.2, 0.25) is 0 Å². The summed E-state index contributed by atoms with van der Waals surface area (Å²) in [6.07, 6.45) is 4.22. The summed E-state index contributed by atoms with van der Waals surface area (Å²) in [5.41, 5.74) is 1.11. The molecule has 0 aliphatic carbocycles. The number of benzene rings is 1. The number of rotatable bonds is 3. The number of thioether (sulfide) groups is 1. The van der Waals surface area contributed by atoms with Crippen LogP contribution in [0.3, 0.4) is 0 Å². The predicted molar refractivity (Wildman–Crippen MR) is 65.2 cm³/mol. The average Bonchev–Trinajstić information content (AvgIpc) is 2.60. The van der Waals surface area contributed by atoms with Crippen molar-refractivity contribution < 1.29 is 0 Å². The minimum Gasteiger partial charge on any atom is -0.230 e. The van der Waals surface area contributed by atoms with Crippen LogP contribution in [-0.4, -0.2) is 10.7 Å². The van der Waals surface area contributed by atoms with Gasteiger partial charge in [-0.05, 0) is 19.1 Å². The molecule has 0 atom stereocenters. The van der Waals surface area contributed by atoms with E-state index < -0.39 is 0 Å². The van der Waals surface area contributed by atoms with Gasteiger partial charge < -0.3 is 0 Å². The van der Waals surface area contributed by atoms with Crippen molar-refractivity contribution in [2.45, 2.75) is 11.3 Å². The Hall–Kier alpha value is -0.800. The van der Waals surface area contributed by atoms with E-state index in [1.165, 1.54) is 4.70 Å². The monoisotopic (exact) mass is 221 g/mol. The van der Waals surface area contributed by atoms with E-state index in [0.717, 1.165) is 15.6 Å². The van der Waals surface area contributed by atoms with Crippen molar-refractivity contribution in [3.8, 4) is 0 Å². The molecule has 0 fully saturated rings. The lowest BCUT2D eigenvalue weighted by atomic mass is 10.3. The minimum atomic E-state index is 1.01.